The van der Waals surface area contributed by atoms with E-state index >= 15 is 0 Å². The molecule has 0 unspecified atom stereocenters. The predicted octanol–water partition coefficient (Wildman–Crippen LogP) is 5.98. The lowest BCUT2D eigenvalue weighted by Gasteiger charge is -2.29. The van der Waals surface area contributed by atoms with Gasteiger partial charge in [0.05, 0.1) is 18.8 Å². The molecule has 1 fully saturated rings. The maximum atomic E-state index is 5.91. The van der Waals surface area contributed by atoms with Crippen molar-refractivity contribution in [3.05, 3.63) is 107 Å². The van der Waals surface area contributed by atoms with Crippen molar-refractivity contribution in [3.8, 4) is 11.4 Å². The van der Waals surface area contributed by atoms with Crippen molar-refractivity contribution >= 4 is 23.0 Å². The fourth-order valence-electron chi connectivity index (χ4n) is 4.68. The van der Waals surface area contributed by atoms with Gasteiger partial charge in [-0.2, -0.15) is 0 Å². The van der Waals surface area contributed by atoms with Gasteiger partial charge in [-0.25, -0.2) is 0 Å². The van der Waals surface area contributed by atoms with Crippen LogP contribution in [0.4, 0.5) is 5.69 Å². The number of benzene rings is 2. The third-order valence-electron chi connectivity index (χ3n) is 6.61. The maximum absolute atomic E-state index is 5.91. The molecule has 0 radical (unpaired) electrons. The van der Waals surface area contributed by atoms with E-state index in [2.05, 4.69) is 89.1 Å². The van der Waals surface area contributed by atoms with Gasteiger partial charge in [-0.05, 0) is 105 Å². The number of anilines is 1. The van der Waals surface area contributed by atoms with Gasteiger partial charge < -0.3 is 19.5 Å². The molecule has 1 aliphatic rings. The highest BCUT2D eigenvalue weighted by Gasteiger charge is 2.42. The van der Waals surface area contributed by atoms with Crippen molar-refractivity contribution in [2.75, 3.05) is 12.0 Å². The van der Waals surface area contributed by atoms with E-state index in [1.807, 2.05) is 30.5 Å². The van der Waals surface area contributed by atoms with Crippen molar-refractivity contribution in [2.24, 2.45) is 0 Å². The van der Waals surface area contributed by atoms with Gasteiger partial charge in [0.2, 0.25) is 0 Å². The van der Waals surface area contributed by atoms with Crippen molar-refractivity contribution in [1.29, 1.82) is 0 Å². The first-order valence-corrected chi connectivity index (χ1v) is 11.8. The van der Waals surface area contributed by atoms with E-state index in [4.69, 9.17) is 17.0 Å². The van der Waals surface area contributed by atoms with Crippen LogP contribution in [0.25, 0.3) is 5.69 Å². The molecule has 5 nitrogen and oxygen atoms in total. The molecule has 2 aromatic heterocycles. The molecule has 172 valence electrons. The highest BCUT2D eigenvalue weighted by atomic mass is 32.1. The summed E-state index contributed by atoms with van der Waals surface area (Å²) in [5.41, 5.74) is 7.90. The zero-order valence-electron chi connectivity index (χ0n) is 19.8. The van der Waals surface area contributed by atoms with Gasteiger partial charge in [-0.15, -0.1) is 0 Å². The Morgan fingerprint density at radius 1 is 0.882 bits per heavy atom. The van der Waals surface area contributed by atoms with Crippen LogP contribution in [0.3, 0.4) is 0 Å². The lowest BCUT2D eigenvalue weighted by atomic mass is 10.00. The van der Waals surface area contributed by atoms with Crippen molar-refractivity contribution < 1.29 is 4.74 Å². The summed E-state index contributed by atoms with van der Waals surface area (Å²) in [6.07, 6.45) is 1.84. The van der Waals surface area contributed by atoms with E-state index < -0.39 is 0 Å². The number of rotatable bonds is 5. The Bertz CT molecular complexity index is 1330. The lowest BCUT2D eigenvalue weighted by molar-refractivity contribution is 0.414. The van der Waals surface area contributed by atoms with Crippen LogP contribution in [0.15, 0.2) is 79.0 Å². The predicted molar refractivity (Wildman–Crippen MR) is 141 cm³/mol. The van der Waals surface area contributed by atoms with E-state index in [0.29, 0.717) is 5.11 Å². The number of thiocarbonyl (C=S) groups is 1. The molecular weight excluding hydrogens is 440 g/mol. The first kappa shape index (κ1) is 22.2. The summed E-state index contributed by atoms with van der Waals surface area (Å²) in [5.74, 6) is 0.835. The second-order valence-electron chi connectivity index (χ2n) is 8.70. The molecule has 3 heterocycles. The standard InChI is InChI=1S/C28H28N4OS/c1-18-8-10-22(17-19(18)2)32-27(26(30-28(32)34)24-7-5-6-16-29-24)25-15-9-20(3)31(25)21-11-13-23(33-4)14-12-21/h5-17,26-27H,1-4H3,(H,30,34)/t26-,27-/m1/s1. The Hall–Kier alpha value is -3.64. The molecule has 0 aliphatic carbocycles. The van der Waals surface area contributed by atoms with Gasteiger partial charge in [0, 0.05) is 29.0 Å². The number of ether oxygens (including phenoxy) is 1. The summed E-state index contributed by atoms with van der Waals surface area (Å²) in [6.45, 7) is 6.40. The molecule has 5 rings (SSSR count). The van der Waals surface area contributed by atoms with Crippen LogP contribution in [0.1, 0.15) is 40.3 Å². The third-order valence-corrected chi connectivity index (χ3v) is 6.92. The smallest absolute Gasteiger partial charge is 0.174 e. The molecule has 0 bridgehead atoms. The molecule has 1 aliphatic heterocycles. The van der Waals surface area contributed by atoms with E-state index in [1.165, 1.54) is 11.1 Å². The molecule has 4 aromatic rings. The van der Waals surface area contributed by atoms with Gasteiger partial charge in [0.1, 0.15) is 11.8 Å². The monoisotopic (exact) mass is 468 g/mol. The van der Waals surface area contributed by atoms with Crippen LogP contribution in [-0.4, -0.2) is 21.8 Å². The average Bonchev–Trinajstić information content (AvgIpc) is 3.40. The average molecular weight is 469 g/mol. The molecule has 34 heavy (non-hydrogen) atoms. The number of nitrogens with one attached hydrogen (secondary N) is 1. The molecule has 1 N–H and O–H groups in total. The quantitative estimate of drug-likeness (QED) is 0.365. The number of methoxy groups -OCH3 is 1. The molecular formula is C28H28N4OS. The highest BCUT2D eigenvalue weighted by molar-refractivity contribution is 7.80. The molecule has 6 heteroatoms. The van der Waals surface area contributed by atoms with E-state index in [0.717, 1.165) is 34.2 Å². The summed E-state index contributed by atoms with van der Waals surface area (Å²) in [7, 11) is 1.69. The van der Waals surface area contributed by atoms with Gasteiger partial charge >= 0.3 is 0 Å². The number of nitrogens with zero attached hydrogens (tertiary/aromatic N) is 3. The Morgan fingerprint density at radius 3 is 2.32 bits per heavy atom. The summed E-state index contributed by atoms with van der Waals surface area (Å²) < 4.78 is 7.67. The van der Waals surface area contributed by atoms with Crippen LogP contribution < -0.4 is 15.0 Å². The van der Waals surface area contributed by atoms with Crippen molar-refractivity contribution in [2.45, 2.75) is 32.9 Å². The van der Waals surface area contributed by atoms with E-state index in [1.54, 1.807) is 7.11 Å². The largest absolute Gasteiger partial charge is 0.497 e. The van der Waals surface area contributed by atoms with Crippen LogP contribution in [0, 0.1) is 20.8 Å². The van der Waals surface area contributed by atoms with E-state index in [9.17, 15) is 0 Å². The molecule has 2 aromatic carbocycles. The number of pyridine rings is 1. The van der Waals surface area contributed by atoms with Gasteiger partial charge in [-0.1, -0.05) is 12.1 Å². The second kappa shape index (κ2) is 8.95. The van der Waals surface area contributed by atoms with Crippen LogP contribution in [-0.2, 0) is 0 Å². The first-order valence-electron chi connectivity index (χ1n) is 11.4. The van der Waals surface area contributed by atoms with Gasteiger partial charge in [0.25, 0.3) is 0 Å². The fourth-order valence-corrected chi connectivity index (χ4v) is 5.03. The number of hydrogen-bond acceptors (Lipinski definition) is 3. The van der Waals surface area contributed by atoms with Gasteiger partial charge in [0.15, 0.2) is 5.11 Å². The first-order chi connectivity index (χ1) is 16.5. The van der Waals surface area contributed by atoms with Crippen molar-refractivity contribution in [1.82, 2.24) is 14.9 Å². The Balaban J connectivity index is 1.69. The van der Waals surface area contributed by atoms with Crippen LogP contribution in [0.2, 0.25) is 0 Å². The zero-order chi connectivity index (χ0) is 23.8. The fraction of sp³-hybridized carbons (Fsp3) is 0.214. The number of hydrogen-bond donors (Lipinski definition) is 1. The molecule has 0 spiro atoms. The Labute approximate surface area is 206 Å². The van der Waals surface area contributed by atoms with Crippen molar-refractivity contribution in [3.63, 3.8) is 0 Å². The van der Waals surface area contributed by atoms with E-state index in [-0.39, 0.29) is 12.1 Å². The second-order valence-corrected chi connectivity index (χ2v) is 9.08. The normalized spacial score (nSPS) is 17.6. The minimum atomic E-state index is -0.0957. The number of aryl methyl sites for hydroxylation is 3. The summed E-state index contributed by atoms with van der Waals surface area (Å²) in [6, 6.07) is 24.9. The van der Waals surface area contributed by atoms with Crippen LogP contribution in [0.5, 0.6) is 5.75 Å². The molecule has 2 atom stereocenters. The Morgan fingerprint density at radius 2 is 1.65 bits per heavy atom. The SMILES string of the molecule is COc1ccc(-n2c(C)ccc2[C@@H]2[C@@H](c3ccccn3)NC(=S)N2c2ccc(C)c(C)c2)cc1. The topological polar surface area (TPSA) is 42.3 Å². The number of aromatic nitrogens is 2. The lowest BCUT2D eigenvalue weighted by Crippen LogP contribution is -2.30. The Kier molecular flexibility index (Phi) is 5.84. The zero-order valence-corrected chi connectivity index (χ0v) is 20.6. The maximum Gasteiger partial charge on any atom is 0.174 e. The summed E-state index contributed by atoms with van der Waals surface area (Å²) in [5, 5.41) is 4.27. The van der Waals surface area contributed by atoms with Crippen LogP contribution >= 0.6 is 12.2 Å². The highest BCUT2D eigenvalue weighted by Crippen LogP contribution is 2.43. The minimum absolute atomic E-state index is 0.0830. The summed E-state index contributed by atoms with van der Waals surface area (Å²) in [4.78, 5) is 6.92. The van der Waals surface area contributed by atoms with Gasteiger partial charge in [-0.3, -0.25) is 4.98 Å². The molecule has 0 amide bonds. The molecule has 1 saturated heterocycles. The minimum Gasteiger partial charge on any atom is -0.497 e. The third kappa shape index (κ3) is 3.84. The summed E-state index contributed by atoms with van der Waals surface area (Å²) >= 11 is 5.91. The molecule has 0 saturated carbocycles.